The number of H-pyrrole nitrogens is 1. The molecule has 0 aliphatic carbocycles. The predicted molar refractivity (Wildman–Crippen MR) is 69.1 cm³/mol. The van der Waals surface area contributed by atoms with Crippen molar-refractivity contribution in [2.24, 2.45) is 0 Å². The van der Waals surface area contributed by atoms with Crippen molar-refractivity contribution in [3.63, 3.8) is 0 Å². The van der Waals surface area contributed by atoms with E-state index in [1.807, 2.05) is 23.8 Å². The largest absolute Gasteiger partial charge is 0.329 e. The maximum absolute atomic E-state index is 12.0. The fourth-order valence-corrected chi connectivity index (χ4v) is 2.56. The molecule has 0 aliphatic rings. The summed E-state index contributed by atoms with van der Waals surface area (Å²) in [6, 6.07) is 1.89. The first-order valence-corrected chi connectivity index (χ1v) is 6.48. The van der Waals surface area contributed by atoms with E-state index in [0.717, 1.165) is 5.56 Å². The number of thiophene rings is 1. The van der Waals surface area contributed by atoms with Crippen molar-refractivity contribution in [3.8, 4) is 0 Å². The van der Waals surface area contributed by atoms with Gasteiger partial charge in [0.25, 0.3) is 5.56 Å². The van der Waals surface area contributed by atoms with E-state index in [2.05, 4.69) is 4.98 Å². The number of rotatable bonds is 3. The van der Waals surface area contributed by atoms with E-state index in [0.29, 0.717) is 12.0 Å². The summed E-state index contributed by atoms with van der Waals surface area (Å²) < 4.78 is 1.17. The van der Waals surface area contributed by atoms with E-state index in [1.54, 1.807) is 0 Å². The zero-order valence-electron chi connectivity index (χ0n) is 9.20. The van der Waals surface area contributed by atoms with Crippen LogP contribution in [0, 0.1) is 0 Å². The van der Waals surface area contributed by atoms with Crippen molar-refractivity contribution in [2.45, 2.75) is 19.9 Å². The van der Waals surface area contributed by atoms with Crippen LogP contribution in [0.1, 0.15) is 18.1 Å². The Hall–Kier alpha value is -1.33. The van der Waals surface area contributed by atoms with Gasteiger partial charge in [0.05, 0.1) is 12.1 Å². The highest BCUT2D eigenvalue weighted by atomic mass is 35.5. The third kappa shape index (κ3) is 2.35. The second-order valence-corrected chi connectivity index (χ2v) is 4.76. The molecule has 0 saturated heterocycles. The third-order valence-corrected chi connectivity index (χ3v) is 3.56. The molecule has 2 aromatic rings. The molecular weight excluding hydrogens is 260 g/mol. The molecule has 17 heavy (non-hydrogen) atoms. The molecule has 0 aliphatic heterocycles. The van der Waals surface area contributed by atoms with Gasteiger partial charge in [-0.1, -0.05) is 18.5 Å². The van der Waals surface area contributed by atoms with E-state index in [1.165, 1.54) is 15.9 Å². The zero-order chi connectivity index (χ0) is 12.4. The summed E-state index contributed by atoms with van der Waals surface area (Å²) >= 11 is 7.35. The average Bonchev–Trinajstić information content (AvgIpc) is 2.77. The summed E-state index contributed by atoms with van der Waals surface area (Å²) in [5.74, 6) is 0. The molecule has 4 nitrogen and oxygen atoms in total. The van der Waals surface area contributed by atoms with Crippen LogP contribution in [0.25, 0.3) is 0 Å². The third-order valence-electron chi connectivity index (χ3n) is 2.50. The molecule has 0 unspecified atom stereocenters. The molecule has 0 saturated carbocycles. The van der Waals surface area contributed by atoms with Crippen LogP contribution in [0.5, 0.6) is 0 Å². The smallest absolute Gasteiger partial charge is 0.297 e. The molecule has 6 heteroatoms. The predicted octanol–water partition coefficient (Wildman–Crippen LogP) is 1.86. The average molecular weight is 271 g/mol. The van der Waals surface area contributed by atoms with Gasteiger partial charge < -0.3 is 0 Å². The topological polar surface area (TPSA) is 54.9 Å². The van der Waals surface area contributed by atoms with Gasteiger partial charge in [-0.2, -0.15) is 11.3 Å². The highest BCUT2D eigenvalue weighted by Gasteiger charge is 2.11. The first-order valence-electron chi connectivity index (χ1n) is 5.16. The lowest BCUT2D eigenvalue weighted by Gasteiger charge is -2.06. The number of nitrogens with zero attached hydrogens (tertiary/aromatic N) is 1. The van der Waals surface area contributed by atoms with Gasteiger partial charge in [-0.15, -0.1) is 0 Å². The Kier molecular flexibility index (Phi) is 3.49. The molecule has 2 rings (SSSR count). The second kappa shape index (κ2) is 4.89. The van der Waals surface area contributed by atoms with Crippen LogP contribution in [0.15, 0.2) is 26.4 Å². The van der Waals surface area contributed by atoms with E-state index in [4.69, 9.17) is 11.6 Å². The molecule has 2 aromatic heterocycles. The summed E-state index contributed by atoms with van der Waals surface area (Å²) in [4.78, 5) is 26.2. The van der Waals surface area contributed by atoms with Gasteiger partial charge in [-0.3, -0.25) is 14.3 Å². The summed E-state index contributed by atoms with van der Waals surface area (Å²) in [7, 11) is 0. The van der Waals surface area contributed by atoms with Crippen molar-refractivity contribution in [1.82, 2.24) is 9.55 Å². The fraction of sp³-hybridized carbons (Fsp3) is 0.273. The molecule has 2 heterocycles. The van der Waals surface area contributed by atoms with Gasteiger partial charge in [0.1, 0.15) is 5.15 Å². The lowest BCUT2D eigenvalue weighted by Crippen LogP contribution is -2.37. The molecule has 0 atom stereocenters. The minimum Gasteiger partial charge on any atom is -0.297 e. The molecule has 0 spiro atoms. The van der Waals surface area contributed by atoms with E-state index >= 15 is 0 Å². The maximum atomic E-state index is 12.0. The molecule has 0 radical (unpaired) electrons. The Balaban J connectivity index is 2.54. The number of aromatic nitrogens is 2. The summed E-state index contributed by atoms with van der Waals surface area (Å²) in [5, 5.41) is 3.96. The van der Waals surface area contributed by atoms with E-state index in [9.17, 15) is 9.59 Å². The molecule has 0 bridgehead atoms. The lowest BCUT2D eigenvalue weighted by molar-refractivity contribution is 0.687. The normalized spacial score (nSPS) is 10.7. The Morgan fingerprint density at radius 2 is 2.24 bits per heavy atom. The van der Waals surface area contributed by atoms with Gasteiger partial charge >= 0.3 is 5.69 Å². The van der Waals surface area contributed by atoms with Crippen LogP contribution in [0.2, 0.25) is 5.15 Å². The summed E-state index contributed by atoms with van der Waals surface area (Å²) in [6.45, 7) is 2.11. The van der Waals surface area contributed by atoms with Crippen molar-refractivity contribution in [3.05, 3.63) is 53.9 Å². The Labute approximate surface area is 106 Å². The van der Waals surface area contributed by atoms with Crippen LogP contribution < -0.4 is 11.2 Å². The lowest BCUT2D eigenvalue weighted by atomic mass is 10.2. The Bertz CT molecular complexity index is 628. The number of hydrogen-bond acceptors (Lipinski definition) is 3. The van der Waals surface area contributed by atoms with Gasteiger partial charge in [0.15, 0.2) is 0 Å². The minimum absolute atomic E-state index is 0.143. The molecule has 0 fully saturated rings. The highest BCUT2D eigenvalue weighted by Crippen LogP contribution is 2.08. The molecule has 0 amide bonds. The van der Waals surface area contributed by atoms with Crippen molar-refractivity contribution < 1.29 is 0 Å². The maximum Gasteiger partial charge on any atom is 0.329 e. The number of aromatic amines is 1. The SMILES string of the molecule is CCc1c(Cl)[nH]c(=O)n(Cc2ccsc2)c1=O. The van der Waals surface area contributed by atoms with Crippen LogP contribution in [0.3, 0.4) is 0 Å². The van der Waals surface area contributed by atoms with Crippen molar-refractivity contribution in [1.29, 1.82) is 0 Å². The molecule has 90 valence electrons. The Morgan fingerprint density at radius 3 is 2.82 bits per heavy atom. The number of hydrogen-bond donors (Lipinski definition) is 1. The van der Waals surface area contributed by atoms with E-state index in [-0.39, 0.29) is 17.3 Å². The van der Waals surface area contributed by atoms with Crippen LogP contribution >= 0.6 is 22.9 Å². The highest BCUT2D eigenvalue weighted by molar-refractivity contribution is 7.07. The second-order valence-electron chi connectivity index (χ2n) is 3.60. The quantitative estimate of drug-likeness (QED) is 0.866. The van der Waals surface area contributed by atoms with E-state index < -0.39 is 5.69 Å². The summed E-state index contributed by atoms with van der Waals surface area (Å²) in [6.07, 6.45) is 0.498. The van der Waals surface area contributed by atoms with Crippen molar-refractivity contribution in [2.75, 3.05) is 0 Å². The summed E-state index contributed by atoms with van der Waals surface area (Å²) in [5.41, 5.74) is 0.601. The van der Waals surface area contributed by atoms with Crippen molar-refractivity contribution >= 4 is 22.9 Å². The number of nitrogens with one attached hydrogen (secondary N) is 1. The molecule has 0 aromatic carbocycles. The van der Waals surface area contributed by atoms with Crippen LogP contribution in [-0.4, -0.2) is 9.55 Å². The van der Waals surface area contributed by atoms with Gasteiger partial charge in [0, 0.05) is 0 Å². The zero-order valence-corrected chi connectivity index (χ0v) is 10.8. The van der Waals surface area contributed by atoms with Crippen LogP contribution in [-0.2, 0) is 13.0 Å². The van der Waals surface area contributed by atoms with Crippen LogP contribution in [0.4, 0.5) is 0 Å². The fourth-order valence-electron chi connectivity index (χ4n) is 1.60. The van der Waals surface area contributed by atoms with Gasteiger partial charge in [-0.05, 0) is 28.8 Å². The first-order chi connectivity index (χ1) is 8.13. The standard InChI is InChI=1S/C11H11ClN2O2S/c1-2-8-9(12)13-11(16)14(10(8)15)5-7-3-4-17-6-7/h3-4,6H,2,5H2,1H3,(H,13,16). The first kappa shape index (κ1) is 12.1. The minimum atomic E-state index is -0.469. The molecule has 1 N–H and O–H groups in total. The monoisotopic (exact) mass is 270 g/mol. The molecular formula is C11H11ClN2O2S. The Morgan fingerprint density at radius 1 is 1.47 bits per heavy atom. The van der Waals surface area contributed by atoms with Gasteiger partial charge in [-0.25, -0.2) is 4.79 Å². The van der Waals surface area contributed by atoms with Gasteiger partial charge in [0.2, 0.25) is 0 Å². The number of halogens is 1.